The zero-order chi connectivity index (χ0) is 18.4. The molecule has 3 aromatic rings. The van der Waals surface area contributed by atoms with Gasteiger partial charge in [0.15, 0.2) is 0 Å². The van der Waals surface area contributed by atoms with Crippen molar-refractivity contribution in [3.63, 3.8) is 0 Å². The fraction of sp³-hybridized carbons (Fsp3) is 0.100. The van der Waals surface area contributed by atoms with Crippen molar-refractivity contribution in [2.45, 2.75) is 10.3 Å². The van der Waals surface area contributed by atoms with Gasteiger partial charge < -0.3 is 10.1 Å². The summed E-state index contributed by atoms with van der Waals surface area (Å²) in [6, 6.07) is 20.4. The van der Waals surface area contributed by atoms with Crippen LogP contribution in [0.2, 0.25) is 5.02 Å². The Morgan fingerprint density at radius 3 is 2.54 bits per heavy atom. The van der Waals surface area contributed by atoms with Crippen LogP contribution in [0.5, 0.6) is 5.75 Å². The van der Waals surface area contributed by atoms with Gasteiger partial charge >= 0.3 is 0 Å². The highest BCUT2D eigenvalue weighted by Crippen LogP contribution is 2.35. The number of carbonyl (C=O) groups excluding carboxylic acids is 1. The van der Waals surface area contributed by atoms with Crippen LogP contribution < -0.4 is 10.1 Å². The van der Waals surface area contributed by atoms with Gasteiger partial charge in [-0.2, -0.15) is 0 Å². The minimum atomic E-state index is -0.438. The van der Waals surface area contributed by atoms with Crippen LogP contribution in [-0.2, 0) is 4.79 Å². The number of methoxy groups -OCH3 is 1. The Morgan fingerprint density at radius 1 is 1.12 bits per heavy atom. The quantitative estimate of drug-likeness (QED) is 0.592. The van der Waals surface area contributed by atoms with E-state index in [4.69, 9.17) is 16.3 Å². The first kappa shape index (κ1) is 18.3. The summed E-state index contributed by atoms with van der Waals surface area (Å²) in [5.74, 6) is 0.417. The number of thioether (sulfide) groups is 1. The van der Waals surface area contributed by atoms with Crippen molar-refractivity contribution in [1.29, 1.82) is 0 Å². The third kappa shape index (κ3) is 4.56. The Morgan fingerprint density at radius 2 is 1.88 bits per heavy atom. The number of pyridine rings is 1. The van der Waals surface area contributed by atoms with E-state index in [1.807, 2.05) is 48.5 Å². The molecule has 0 saturated heterocycles. The lowest BCUT2D eigenvalue weighted by Crippen LogP contribution is -2.19. The molecule has 0 bridgehead atoms. The predicted octanol–water partition coefficient (Wildman–Crippen LogP) is 5.22. The maximum Gasteiger partial charge on any atom is 0.242 e. The molecule has 0 fully saturated rings. The fourth-order valence-corrected chi connectivity index (χ4v) is 3.63. The molecule has 0 aliphatic heterocycles. The van der Waals surface area contributed by atoms with E-state index >= 15 is 0 Å². The van der Waals surface area contributed by atoms with E-state index in [9.17, 15) is 4.79 Å². The van der Waals surface area contributed by atoms with E-state index in [2.05, 4.69) is 10.3 Å². The summed E-state index contributed by atoms with van der Waals surface area (Å²) in [5.41, 5.74) is 1.52. The molecule has 0 spiro atoms. The number of carbonyl (C=O) groups is 1. The monoisotopic (exact) mass is 384 g/mol. The lowest BCUT2D eigenvalue weighted by molar-refractivity contribution is -0.115. The molecule has 1 N–H and O–H groups in total. The summed E-state index contributed by atoms with van der Waals surface area (Å²) in [7, 11) is 1.55. The number of halogens is 1. The highest BCUT2D eigenvalue weighted by molar-refractivity contribution is 8.00. The van der Waals surface area contributed by atoms with Crippen LogP contribution in [-0.4, -0.2) is 18.0 Å². The first-order valence-electron chi connectivity index (χ1n) is 7.94. The maximum atomic E-state index is 12.9. The third-order valence-corrected chi connectivity index (χ3v) is 5.14. The van der Waals surface area contributed by atoms with Gasteiger partial charge in [-0.05, 0) is 35.9 Å². The molecular weight excluding hydrogens is 368 g/mol. The van der Waals surface area contributed by atoms with Crippen molar-refractivity contribution in [2.75, 3.05) is 12.4 Å². The largest absolute Gasteiger partial charge is 0.495 e. The van der Waals surface area contributed by atoms with E-state index in [1.54, 1.807) is 31.5 Å². The highest BCUT2D eigenvalue weighted by Gasteiger charge is 2.23. The number of rotatable bonds is 6. The molecule has 3 rings (SSSR count). The number of hydrogen-bond acceptors (Lipinski definition) is 4. The minimum absolute atomic E-state index is 0.145. The number of anilines is 1. The van der Waals surface area contributed by atoms with Crippen molar-refractivity contribution in [2.24, 2.45) is 0 Å². The van der Waals surface area contributed by atoms with Crippen LogP contribution >= 0.6 is 23.4 Å². The lowest BCUT2D eigenvalue weighted by atomic mass is 10.1. The molecule has 0 saturated carbocycles. The van der Waals surface area contributed by atoms with E-state index in [0.717, 1.165) is 10.6 Å². The maximum absolute atomic E-state index is 12.9. The number of amides is 1. The number of hydrogen-bond donors (Lipinski definition) is 1. The van der Waals surface area contributed by atoms with Crippen LogP contribution in [0.3, 0.4) is 0 Å². The van der Waals surface area contributed by atoms with Crippen LogP contribution in [0.25, 0.3) is 0 Å². The van der Waals surface area contributed by atoms with Crippen molar-refractivity contribution in [1.82, 2.24) is 4.98 Å². The second-order valence-corrected chi connectivity index (χ2v) is 6.95. The highest BCUT2D eigenvalue weighted by atomic mass is 35.5. The van der Waals surface area contributed by atoms with Gasteiger partial charge in [0, 0.05) is 11.9 Å². The summed E-state index contributed by atoms with van der Waals surface area (Å²) >= 11 is 7.55. The Balaban J connectivity index is 1.84. The first-order chi connectivity index (χ1) is 12.7. The molecule has 0 radical (unpaired) electrons. The Hall–Kier alpha value is -2.50. The molecule has 1 atom stereocenters. The number of ether oxygens (including phenoxy) is 1. The Labute approximate surface area is 161 Å². The second kappa shape index (κ2) is 8.74. The number of nitrogens with one attached hydrogen (secondary N) is 1. The Bertz CT molecular complexity index is 875. The SMILES string of the molecule is COc1ccc(NC(=O)C(Sc2ccccn2)c2ccccc2)cc1Cl. The van der Waals surface area contributed by atoms with E-state index in [0.29, 0.717) is 16.5 Å². The van der Waals surface area contributed by atoms with E-state index in [1.165, 1.54) is 11.8 Å². The van der Waals surface area contributed by atoms with Crippen molar-refractivity contribution in [3.8, 4) is 5.75 Å². The molecule has 0 aliphatic carbocycles. The molecule has 4 nitrogen and oxygen atoms in total. The van der Waals surface area contributed by atoms with Gasteiger partial charge in [0.25, 0.3) is 0 Å². The zero-order valence-electron chi connectivity index (χ0n) is 14.1. The molecule has 1 unspecified atom stereocenters. The number of aromatic nitrogens is 1. The lowest BCUT2D eigenvalue weighted by Gasteiger charge is -2.17. The van der Waals surface area contributed by atoms with Crippen LogP contribution in [0.4, 0.5) is 5.69 Å². The first-order valence-corrected chi connectivity index (χ1v) is 9.20. The minimum Gasteiger partial charge on any atom is -0.495 e. The summed E-state index contributed by atoms with van der Waals surface area (Å²) in [4.78, 5) is 17.3. The normalized spacial score (nSPS) is 11.6. The summed E-state index contributed by atoms with van der Waals surface area (Å²) < 4.78 is 5.14. The Kier molecular flexibility index (Phi) is 6.15. The van der Waals surface area contributed by atoms with Gasteiger partial charge in [-0.25, -0.2) is 4.98 Å². The van der Waals surface area contributed by atoms with Crippen molar-refractivity contribution < 1.29 is 9.53 Å². The topological polar surface area (TPSA) is 51.2 Å². The van der Waals surface area contributed by atoms with Gasteiger partial charge in [-0.15, -0.1) is 0 Å². The summed E-state index contributed by atoms with van der Waals surface area (Å²) in [6.07, 6.45) is 1.71. The number of nitrogens with zero attached hydrogens (tertiary/aromatic N) is 1. The van der Waals surface area contributed by atoms with Crippen LogP contribution in [0.15, 0.2) is 78.0 Å². The van der Waals surface area contributed by atoms with Crippen LogP contribution in [0.1, 0.15) is 10.8 Å². The molecule has 0 aliphatic rings. The summed E-state index contributed by atoms with van der Waals surface area (Å²) in [6.45, 7) is 0. The van der Waals surface area contributed by atoms with Gasteiger partial charge in [0.2, 0.25) is 5.91 Å². The zero-order valence-corrected chi connectivity index (χ0v) is 15.6. The molecule has 6 heteroatoms. The molecule has 1 aromatic heterocycles. The predicted molar refractivity (Wildman–Crippen MR) is 106 cm³/mol. The average Bonchev–Trinajstić information content (AvgIpc) is 2.68. The molecule has 26 heavy (non-hydrogen) atoms. The van der Waals surface area contributed by atoms with E-state index in [-0.39, 0.29) is 5.91 Å². The molecule has 132 valence electrons. The van der Waals surface area contributed by atoms with Crippen molar-refractivity contribution >= 4 is 35.0 Å². The van der Waals surface area contributed by atoms with Crippen LogP contribution in [0, 0.1) is 0 Å². The van der Waals surface area contributed by atoms with Gasteiger partial charge in [0.1, 0.15) is 11.0 Å². The standard InChI is InChI=1S/C20H17ClN2O2S/c1-25-17-11-10-15(13-16(17)21)23-20(24)19(14-7-3-2-4-8-14)26-18-9-5-6-12-22-18/h2-13,19H,1H3,(H,23,24). The second-order valence-electron chi connectivity index (χ2n) is 5.42. The fourth-order valence-electron chi connectivity index (χ4n) is 2.39. The molecule has 2 aromatic carbocycles. The molecular formula is C20H17ClN2O2S. The van der Waals surface area contributed by atoms with E-state index < -0.39 is 5.25 Å². The summed E-state index contributed by atoms with van der Waals surface area (Å²) in [5, 5.41) is 3.71. The molecule has 1 heterocycles. The van der Waals surface area contributed by atoms with Gasteiger partial charge in [-0.3, -0.25) is 4.79 Å². The van der Waals surface area contributed by atoms with Crippen molar-refractivity contribution in [3.05, 3.63) is 83.5 Å². The van der Waals surface area contributed by atoms with Gasteiger partial charge in [0.05, 0.1) is 17.2 Å². The smallest absolute Gasteiger partial charge is 0.242 e. The van der Waals surface area contributed by atoms with Gasteiger partial charge in [-0.1, -0.05) is 59.8 Å². The molecule has 1 amide bonds. The third-order valence-electron chi connectivity index (χ3n) is 3.64. The average molecular weight is 385 g/mol. The number of benzene rings is 2.